The number of hydrogen-bond acceptors (Lipinski definition) is 4. The molecule has 0 N–H and O–H groups in total. The van der Waals surface area contributed by atoms with E-state index in [1.807, 2.05) is 48.5 Å². The first kappa shape index (κ1) is 16.6. The molecule has 1 saturated heterocycles. The van der Waals surface area contributed by atoms with Crippen molar-refractivity contribution in [2.75, 3.05) is 25.1 Å². The Morgan fingerprint density at radius 2 is 1.81 bits per heavy atom. The van der Waals surface area contributed by atoms with Gasteiger partial charge in [0, 0.05) is 30.2 Å². The fourth-order valence-electron chi connectivity index (χ4n) is 3.65. The molecule has 4 nitrogen and oxygen atoms in total. The van der Waals surface area contributed by atoms with Crippen LogP contribution in [0.5, 0.6) is 5.75 Å². The second-order valence-corrected chi connectivity index (χ2v) is 6.65. The lowest BCUT2D eigenvalue weighted by atomic mass is 9.98. The normalized spacial score (nSPS) is 14.4. The van der Waals surface area contributed by atoms with Gasteiger partial charge >= 0.3 is 0 Å². The Balaban J connectivity index is 1.92. The van der Waals surface area contributed by atoms with E-state index < -0.39 is 0 Å². The average molecular weight is 346 g/mol. The average Bonchev–Trinajstić information content (AvgIpc) is 2.73. The summed E-state index contributed by atoms with van der Waals surface area (Å²) in [5.41, 5.74) is 3.23. The maximum atomic E-state index is 13.2. The lowest BCUT2D eigenvalue weighted by Gasteiger charge is -2.31. The summed E-state index contributed by atoms with van der Waals surface area (Å²) in [7, 11) is 1.66. The predicted molar refractivity (Wildman–Crippen MR) is 104 cm³/mol. The molecule has 0 atom stereocenters. The Hall–Kier alpha value is -2.88. The van der Waals surface area contributed by atoms with Crippen LogP contribution >= 0.6 is 0 Å². The van der Waals surface area contributed by atoms with Crippen LogP contribution in [0.15, 0.2) is 54.7 Å². The SMILES string of the molecule is COc1ccc2ncc(C(=O)c3ccccc3)c(N3CCCCC3)c2c1. The topological polar surface area (TPSA) is 42.4 Å². The van der Waals surface area contributed by atoms with Gasteiger partial charge in [0.05, 0.1) is 23.9 Å². The third-order valence-electron chi connectivity index (χ3n) is 5.00. The predicted octanol–water partition coefficient (Wildman–Crippen LogP) is 4.46. The standard InChI is InChI=1S/C22H22N2O2/c1-26-17-10-11-20-18(14-17)21(24-12-6-3-7-13-24)19(15-23-20)22(25)16-8-4-2-5-9-16/h2,4-5,8-11,14-15H,3,6-7,12-13H2,1H3. The first-order valence-electron chi connectivity index (χ1n) is 9.09. The van der Waals surface area contributed by atoms with Crippen molar-refractivity contribution in [2.24, 2.45) is 0 Å². The second-order valence-electron chi connectivity index (χ2n) is 6.65. The molecule has 1 aliphatic heterocycles. The molecule has 0 unspecified atom stereocenters. The molecule has 0 aliphatic carbocycles. The molecule has 4 rings (SSSR count). The van der Waals surface area contributed by atoms with Crippen molar-refractivity contribution < 1.29 is 9.53 Å². The lowest BCUT2D eigenvalue weighted by Crippen LogP contribution is -2.31. The number of methoxy groups -OCH3 is 1. The first-order valence-corrected chi connectivity index (χ1v) is 9.09. The van der Waals surface area contributed by atoms with E-state index in [1.54, 1.807) is 13.3 Å². The monoisotopic (exact) mass is 346 g/mol. The summed E-state index contributed by atoms with van der Waals surface area (Å²) < 4.78 is 5.42. The molecule has 4 heteroatoms. The molecule has 0 bridgehead atoms. The number of hydrogen-bond donors (Lipinski definition) is 0. The van der Waals surface area contributed by atoms with Crippen LogP contribution in [0, 0.1) is 0 Å². The summed E-state index contributed by atoms with van der Waals surface area (Å²) in [5, 5.41) is 0.980. The molecule has 0 spiro atoms. The van der Waals surface area contributed by atoms with Gasteiger partial charge in [0.15, 0.2) is 5.78 Å². The van der Waals surface area contributed by atoms with E-state index in [2.05, 4.69) is 9.88 Å². The van der Waals surface area contributed by atoms with Crippen molar-refractivity contribution in [3.8, 4) is 5.75 Å². The molecule has 26 heavy (non-hydrogen) atoms. The smallest absolute Gasteiger partial charge is 0.196 e. The van der Waals surface area contributed by atoms with Gasteiger partial charge in [-0.25, -0.2) is 0 Å². The largest absolute Gasteiger partial charge is 0.497 e. The molecular formula is C22H22N2O2. The first-order chi connectivity index (χ1) is 12.8. The van der Waals surface area contributed by atoms with Crippen molar-refractivity contribution >= 4 is 22.4 Å². The number of ether oxygens (including phenoxy) is 1. The Bertz CT molecular complexity index is 932. The summed E-state index contributed by atoms with van der Waals surface area (Å²) in [5.74, 6) is 0.797. The van der Waals surface area contributed by atoms with Crippen LogP contribution in [0.4, 0.5) is 5.69 Å². The fourth-order valence-corrected chi connectivity index (χ4v) is 3.65. The van der Waals surface area contributed by atoms with E-state index in [1.165, 1.54) is 6.42 Å². The highest BCUT2D eigenvalue weighted by molar-refractivity contribution is 6.16. The molecule has 2 aromatic carbocycles. The number of carbonyl (C=O) groups excluding carboxylic acids is 1. The fraction of sp³-hybridized carbons (Fsp3) is 0.273. The number of ketones is 1. The van der Waals surface area contributed by atoms with Gasteiger partial charge in [-0.2, -0.15) is 0 Å². The van der Waals surface area contributed by atoms with E-state index >= 15 is 0 Å². The minimum Gasteiger partial charge on any atom is -0.497 e. The van der Waals surface area contributed by atoms with Crippen LogP contribution in [-0.4, -0.2) is 31.0 Å². The Morgan fingerprint density at radius 3 is 2.54 bits per heavy atom. The van der Waals surface area contributed by atoms with Crippen molar-refractivity contribution in [1.29, 1.82) is 0 Å². The van der Waals surface area contributed by atoms with Crippen molar-refractivity contribution in [3.05, 3.63) is 65.9 Å². The number of aromatic nitrogens is 1. The molecule has 2 heterocycles. The van der Waals surface area contributed by atoms with E-state index in [0.717, 1.165) is 48.3 Å². The van der Waals surface area contributed by atoms with Crippen LogP contribution in [0.2, 0.25) is 0 Å². The zero-order chi connectivity index (χ0) is 17.9. The van der Waals surface area contributed by atoms with Crippen LogP contribution in [0.25, 0.3) is 10.9 Å². The van der Waals surface area contributed by atoms with E-state index in [-0.39, 0.29) is 5.78 Å². The van der Waals surface area contributed by atoms with Gasteiger partial charge in [0.25, 0.3) is 0 Å². The number of fused-ring (bicyclic) bond motifs is 1. The second kappa shape index (κ2) is 7.16. The Morgan fingerprint density at radius 1 is 1.04 bits per heavy atom. The number of anilines is 1. The third-order valence-corrected chi connectivity index (χ3v) is 5.00. The van der Waals surface area contributed by atoms with Crippen molar-refractivity contribution in [2.45, 2.75) is 19.3 Å². The molecule has 0 saturated carbocycles. The Labute approximate surface area is 153 Å². The summed E-state index contributed by atoms with van der Waals surface area (Å²) in [6.07, 6.45) is 5.26. The molecule has 132 valence electrons. The molecule has 0 radical (unpaired) electrons. The number of carbonyl (C=O) groups is 1. The summed E-state index contributed by atoms with van der Waals surface area (Å²) in [4.78, 5) is 20.1. The van der Waals surface area contributed by atoms with Gasteiger partial charge in [0.1, 0.15) is 5.75 Å². The number of nitrogens with zero attached hydrogens (tertiary/aromatic N) is 2. The molecule has 1 aliphatic rings. The minimum absolute atomic E-state index is 0.0170. The summed E-state index contributed by atoms with van der Waals surface area (Å²) in [6, 6.07) is 15.3. The number of rotatable bonds is 4. The van der Waals surface area contributed by atoms with Crippen LogP contribution in [-0.2, 0) is 0 Å². The van der Waals surface area contributed by atoms with Gasteiger partial charge in [-0.15, -0.1) is 0 Å². The zero-order valence-electron chi connectivity index (χ0n) is 14.9. The number of piperidine rings is 1. The maximum Gasteiger partial charge on any atom is 0.196 e. The van der Waals surface area contributed by atoms with E-state index in [0.29, 0.717) is 11.1 Å². The van der Waals surface area contributed by atoms with Gasteiger partial charge in [-0.3, -0.25) is 9.78 Å². The molecule has 1 aromatic heterocycles. The number of pyridine rings is 1. The van der Waals surface area contributed by atoms with Gasteiger partial charge in [-0.05, 0) is 37.5 Å². The molecule has 0 amide bonds. The number of benzene rings is 2. The highest BCUT2D eigenvalue weighted by atomic mass is 16.5. The van der Waals surface area contributed by atoms with Crippen LogP contribution in [0.3, 0.4) is 0 Å². The lowest BCUT2D eigenvalue weighted by molar-refractivity contribution is 0.103. The zero-order valence-corrected chi connectivity index (χ0v) is 14.9. The summed E-state index contributed by atoms with van der Waals surface area (Å²) >= 11 is 0. The van der Waals surface area contributed by atoms with Gasteiger partial charge in [0.2, 0.25) is 0 Å². The van der Waals surface area contributed by atoms with E-state index in [4.69, 9.17) is 4.74 Å². The van der Waals surface area contributed by atoms with Gasteiger partial charge in [-0.1, -0.05) is 30.3 Å². The van der Waals surface area contributed by atoms with E-state index in [9.17, 15) is 4.79 Å². The van der Waals surface area contributed by atoms with Gasteiger partial charge < -0.3 is 9.64 Å². The molecular weight excluding hydrogens is 324 g/mol. The van der Waals surface area contributed by atoms with Crippen molar-refractivity contribution in [3.63, 3.8) is 0 Å². The molecule has 3 aromatic rings. The van der Waals surface area contributed by atoms with Crippen LogP contribution < -0.4 is 9.64 Å². The third kappa shape index (κ3) is 3.03. The Kier molecular flexibility index (Phi) is 4.57. The van der Waals surface area contributed by atoms with Crippen LogP contribution in [0.1, 0.15) is 35.2 Å². The summed E-state index contributed by atoms with van der Waals surface area (Å²) in [6.45, 7) is 1.93. The quantitative estimate of drug-likeness (QED) is 0.654. The molecule has 1 fully saturated rings. The maximum absolute atomic E-state index is 13.2. The minimum atomic E-state index is 0.0170. The highest BCUT2D eigenvalue weighted by Crippen LogP contribution is 2.35. The van der Waals surface area contributed by atoms with Crippen molar-refractivity contribution in [1.82, 2.24) is 4.98 Å². The highest BCUT2D eigenvalue weighted by Gasteiger charge is 2.23.